The van der Waals surface area contributed by atoms with E-state index in [2.05, 4.69) is 56.4 Å². The van der Waals surface area contributed by atoms with E-state index in [1.54, 1.807) is 6.26 Å². The summed E-state index contributed by atoms with van der Waals surface area (Å²) in [6.45, 7) is 8.49. The second kappa shape index (κ2) is 8.68. The molecular weight excluding hydrogens is 310 g/mol. The van der Waals surface area contributed by atoms with Gasteiger partial charge in [0.15, 0.2) is 0 Å². The van der Waals surface area contributed by atoms with E-state index in [1.165, 1.54) is 11.1 Å². The van der Waals surface area contributed by atoms with Crippen molar-refractivity contribution in [3.63, 3.8) is 0 Å². The average molecular weight is 341 g/mol. The molecule has 1 aliphatic rings. The summed E-state index contributed by atoms with van der Waals surface area (Å²) < 4.78 is 11.6. The number of rotatable bonds is 7. The normalized spacial score (nSPS) is 22.2. The first-order valence-electron chi connectivity index (χ1n) is 9.58. The van der Waals surface area contributed by atoms with Crippen molar-refractivity contribution in [3.05, 3.63) is 59.5 Å². The standard InChI is InChI=1S/C22H31NO2/c1-16(2)22-15-19(11-14-25-22)23-12-10-20(21-5-4-13-24-21)18-8-6-17(3)7-9-18/h4-9,13,16,19-20,22-23H,10-12,14-15H2,1-3H3/t19-,20-,22+/m0/s1. The van der Waals surface area contributed by atoms with Gasteiger partial charge in [-0.1, -0.05) is 43.7 Å². The van der Waals surface area contributed by atoms with Crippen LogP contribution in [0.3, 0.4) is 0 Å². The lowest BCUT2D eigenvalue weighted by Gasteiger charge is -2.32. The monoisotopic (exact) mass is 341 g/mol. The third-order valence-corrected chi connectivity index (χ3v) is 5.29. The minimum atomic E-state index is 0.309. The topological polar surface area (TPSA) is 34.4 Å². The van der Waals surface area contributed by atoms with Crippen LogP contribution in [0.5, 0.6) is 0 Å². The van der Waals surface area contributed by atoms with Crippen molar-refractivity contribution in [3.8, 4) is 0 Å². The van der Waals surface area contributed by atoms with Crippen molar-refractivity contribution in [2.45, 2.75) is 58.1 Å². The molecule has 0 amide bonds. The molecule has 1 aromatic carbocycles. The Morgan fingerprint density at radius 1 is 1.16 bits per heavy atom. The molecule has 3 heteroatoms. The first kappa shape index (κ1) is 18.2. The molecule has 2 heterocycles. The number of ether oxygens (including phenoxy) is 1. The van der Waals surface area contributed by atoms with E-state index in [9.17, 15) is 0 Å². The van der Waals surface area contributed by atoms with E-state index in [4.69, 9.17) is 9.15 Å². The van der Waals surface area contributed by atoms with Gasteiger partial charge < -0.3 is 14.5 Å². The first-order valence-corrected chi connectivity index (χ1v) is 9.58. The lowest BCUT2D eigenvalue weighted by molar-refractivity contribution is -0.0243. The summed E-state index contributed by atoms with van der Waals surface area (Å²) in [5.41, 5.74) is 2.62. The molecule has 0 spiro atoms. The van der Waals surface area contributed by atoms with Gasteiger partial charge >= 0.3 is 0 Å². The number of nitrogens with one attached hydrogen (secondary N) is 1. The average Bonchev–Trinajstić information content (AvgIpc) is 3.14. The molecule has 3 atom stereocenters. The number of hydrogen-bond acceptors (Lipinski definition) is 3. The zero-order valence-corrected chi connectivity index (χ0v) is 15.7. The third kappa shape index (κ3) is 4.96. The summed E-state index contributed by atoms with van der Waals surface area (Å²) >= 11 is 0. The molecule has 1 saturated heterocycles. The van der Waals surface area contributed by atoms with Gasteiger partial charge in [-0.05, 0) is 56.3 Å². The fourth-order valence-electron chi connectivity index (χ4n) is 3.67. The molecule has 1 fully saturated rings. The van der Waals surface area contributed by atoms with E-state index < -0.39 is 0 Å². The molecule has 3 rings (SSSR count). The van der Waals surface area contributed by atoms with Gasteiger partial charge in [0.25, 0.3) is 0 Å². The van der Waals surface area contributed by atoms with E-state index in [-0.39, 0.29) is 0 Å². The summed E-state index contributed by atoms with van der Waals surface area (Å²) in [6.07, 6.45) is 5.44. The first-order chi connectivity index (χ1) is 12.1. The second-order valence-electron chi connectivity index (χ2n) is 7.60. The predicted octanol–water partition coefficient (Wildman–Crippen LogP) is 4.90. The predicted molar refractivity (Wildman–Crippen MR) is 102 cm³/mol. The van der Waals surface area contributed by atoms with E-state index >= 15 is 0 Å². The van der Waals surface area contributed by atoms with Crippen molar-refractivity contribution in [1.29, 1.82) is 0 Å². The largest absolute Gasteiger partial charge is 0.469 e. The quantitative estimate of drug-likeness (QED) is 0.777. The summed E-state index contributed by atoms with van der Waals surface area (Å²) in [4.78, 5) is 0. The SMILES string of the molecule is Cc1ccc([C@H](CCN[C@H]2CCO[C@@H](C(C)C)C2)c2ccco2)cc1. The zero-order chi connectivity index (χ0) is 17.6. The van der Waals surface area contributed by atoms with Crippen LogP contribution in [0.2, 0.25) is 0 Å². The van der Waals surface area contributed by atoms with Gasteiger partial charge in [0.2, 0.25) is 0 Å². The van der Waals surface area contributed by atoms with Crippen LogP contribution in [0, 0.1) is 12.8 Å². The fourth-order valence-corrected chi connectivity index (χ4v) is 3.67. The Morgan fingerprint density at radius 2 is 1.96 bits per heavy atom. The van der Waals surface area contributed by atoms with Crippen molar-refractivity contribution in [2.75, 3.05) is 13.2 Å². The smallest absolute Gasteiger partial charge is 0.111 e. The van der Waals surface area contributed by atoms with Gasteiger partial charge in [0, 0.05) is 18.6 Å². The number of aryl methyl sites for hydroxylation is 1. The molecule has 3 nitrogen and oxygen atoms in total. The van der Waals surface area contributed by atoms with E-state index in [1.807, 2.05) is 6.07 Å². The van der Waals surface area contributed by atoms with E-state index in [0.29, 0.717) is 24.0 Å². The van der Waals surface area contributed by atoms with Gasteiger partial charge in [0.05, 0.1) is 12.4 Å². The van der Waals surface area contributed by atoms with E-state index in [0.717, 1.165) is 38.2 Å². The van der Waals surface area contributed by atoms with Crippen molar-refractivity contribution in [1.82, 2.24) is 5.32 Å². The molecule has 1 N–H and O–H groups in total. The molecule has 25 heavy (non-hydrogen) atoms. The number of hydrogen-bond donors (Lipinski definition) is 1. The minimum absolute atomic E-state index is 0.309. The molecule has 0 unspecified atom stereocenters. The molecule has 0 aliphatic carbocycles. The van der Waals surface area contributed by atoms with Crippen LogP contribution in [0.1, 0.15) is 55.9 Å². The van der Waals surface area contributed by atoms with Gasteiger partial charge in [0.1, 0.15) is 5.76 Å². The van der Waals surface area contributed by atoms with Crippen LogP contribution >= 0.6 is 0 Å². The highest BCUT2D eigenvalue weighted by molar-refractivity contribution is 5.30. The maximum Gasteiger partial charge on any atom is 0.111 e. The van der Waals surface area contributed by atoms with Crippen molar-refractivity contribution < 1.29 is 9.15 Å². The summed E-state index contributed by atoms with van der Waals surface area (Å²) in [5.74, 6) is 1.95. The number of furan rings is 1. The molecule has 0 radical (unpaired) electrons. The van der Waals surface area contributed by atoms with Gasteiger partial charge in [-0.2, -0.15) is 0 Å². The van der Waals surface area contributed by atoms with Gasteiger partial charge in [-0.3, -0.25) is 0 Å². The molecule has 0 saturated carbocycles. The summed E-state index contributed by atoms with van der Waals surface area (Å²) in [5, 5.41) is 3.76. The molecule has 136 valence electrons. The van der Waals surface area contributed by atoms with Gasteiger partial charge in [-0.15, -0.1) is 0 Å². The summed E-state index contributed by atoms with van der Waals surface area (Å²) in [6, 6.07) is 13.5. The highest BCUT2D eigenvalue weighted by atomic mass is 16.5. The Bertz CT molecular complexity index is 618. The highest BCUT2D eigenvalue weighted by Gasteiger charge is 2.25. The maximum atomic E-state index is 5.88. The highest BCUT2D eigenvalue weighted by Crippen LogP contribution is 2.28. The Balaban J connectivity index is 1.59. The molecule has 2 aromatic rings. The minimum Gasteiger partial charge on any atom is -0.469 e. The third-order valence-electron chi connectivity index (χ3n) is 5.29. The second-order valence-corrected chi connectivity index (χ2v) is 7.60. The van der Waals surface area contributed by atoms with Crippen LogP contribution in [0.25, 0.3) is 0 Å². The Labute approximate surface area is 151 Å². The van der Waals surface area contributed by atoms with Crippen LogP contribution in [-0.4, -0.2) is 25.3 Å². The van der Waals surface area contributed by atoms with Crippen LogP contribution < -0.4 is 5.32 Å². The van der Waals surface area contributed by atoms with Crippen molar-refractivity contribution in [2.24, 2.45) is 5.92 Å². The fraction of sp³-hybridized carbons (Fsp3) is 0.545. The van der Waals surface area contributed by atoms with Crippen LogP contribution in [-0.2, 0) is 4.74 Å². The molecule has 1 aliphatic heterocycles. The van der Waals surface area contributed by atoms with Crippen LogP contribution in [0.15, 0.2) is 47.1 Å². The Kier molecular flexibility index (Phi) is 6.33. The molecular formula is C22H31NO2. The molecule has 0 bridgehead atoms. The Hall–Kier alpha value is -1.58. The Morgan fingerprint density at radius 3 is 2.64 bits per heavy atom. The summed E-state index contributed by atoms with van der Waals surface area (Å²) in [7, 11) is 0. The lowest BCUT2D eigenvalue weighted by atomic mass is 9.91. The zero-order valence-electron chi connectivity index (χ0n) is 15.7. The van der Waals surface area contributed by atoms with Gasteiger partial charge in [-0.25, -0.2) is 0 Å². The maximum absolute atomic E-state index is 5.88. The van der Waals surface area contributed by atoms with Crippen molar-refractivity contribution >= 4 is 0 Å². The van der Waals surface area contributed by atoms with Crippen LogP contribution in [0.4, 0.5) is 0 Å². The number of benzene rings is 1. The molecule has 1 aromatic heterocycles. The lowest BCUT2D eigenvalue weighted by Crippen LogP contribution is -2.41.